The van der Waals surface area contributed by atoms with Gasteiger partial charge in [-0.25, -0.2) is 4.98 Å². The van der Waals surface area contributed by atoms with Crippen molar-refractivity contribution in [2.24, 2.45) is 0 Å². The molecular weight excluding hydrogens is 262 g/mol. The SMILES string of the molecule is COC1(CNC(C)c2ccc(-n3ccnc3)cc2)CCC1. The van der Waals surface area contributed by atoms with Crippen LogP contribution in [0.1, 0.15) is 37.8 Å². The van der Waals surface area contributed by atoms with Crippen LogP contribution in [-0.4, -0.2) is 28.8 Å². The lowest BCUT2D eigenvalue weighted by Crippen LogP contribution is -2.48. The van der Waals surface area contributed by atoms with Gasteiger partial charge in [0, 0.05) is 37.8 Å². The average molecular weight is 285 g/mol. The van der Waals surface area contributed by atoms with Crippen LogP contribution in [0.4, 0.5) is 0 Å². The van der Waals surface area contributed by atoms with E-state index < -0.39 is 0 Å². The number of ether oxygens (including phenoxy) is 1. The van der Waals surface area contributed by atoms with E-state index in [2.05, 4.69) is 41.5 Å². The molecule has 3 rings (SSSR count). The fourth-order valence-corrected chi connectivity index (χ4v) is 2.83. The lowest BCUT2D eigenvalue weighted by molar-refractivity contribution is -0.0706. The number of hydrogen-bond acceptors (Lipinski definition) is 3. The largest absolute Gasteiger partial charge is 0.377 e. The zero-order valence-electron chi connectivity index (χ0n) is 12.7. The quantitative estimate of drug-likeness (QED) is 0.886. The third-order valence-electron chi connectivity index (χ3n) is 4.62. The summed E-state index contributed by atoms with van der Waals surface area (Å²) in [6, 6.07) is 8.94. The molecule has 1 fully saturated rings. The molecule has 1 aliphatic rings. The van der Waals surface area contributed by atoms with Gasteiger partial charge in [0.15, 0.2) is 0 Å². The van der Waals surface area contributed by atoms with E-state index in [1.54, 1.807) is 6.20 Å². The van der Waals surface area contributed by atoms with Gasteiger partial charge in [0.2, 0.25) is 0 Å². The Morgan fingerprint density at radius 1 is 1.33 bits per heavy atom. The highest BCUT2D eigenvalue weighted by molar-refractivity contribution is 5.35. The van der Waals surface area contributed by atoms with Gasteiger partial charge in [-0.15, -0.1) is 0 Å². The molecule has 0 spiro atoms. The molecule has 1 aromatic heterocycles. The average Bonchev–Trinajstić information content (AvgIpc) is 3.01. The first kappa shape index (κ1) is 14.3. The number of nitrogens with one attached hydrogen (secondary N) is 1. The molecule has 1 aromatic carbocycles. The van der Waals surface area contributed by atoms with Crippen molar-refractivity contribution in [2.75, 3.05) is 13.7 Å². The van der Waals surface area contributed by atoms with Gasteiger partial charge in [0.1, 0.15) is 0 Å². The Balaban J connectivity index is 1.61. The van der Waals surface area contributed by atoms with E-state index in [9.17, 15) is 0 Å². The number of hydrogen-bond donors (Lipinski definition) is 1. The molecule has 4 heteroatoms. The number of imidazole rings is 1. The molecular formula is C17H23N3O. The first-order valence-corrected chi connectivity index (χ1v) is 7.59. The molecule has 21 heavy (non-hydrogen) atoms. The molecule has 1 aliphatic carbocycles. The van der Waals surface area contributed by atoms with Gasteiger partial charge < -0.3 is 14.6 Å². The summed E-state index contributed by atoms with van der Waals surface area (Å²) in [6.07, 6.45) is 9.18. The van der Waals surface area contributed by atoms with Gasteiger partial charge in [-0.3, -0.25) is 0 Å². The molecule has 4 nitrogen and oxygen atoms in total. The highest BCUT2D eigenvalue weighted by atomic mass is 16.5. The number of benzene rings is 1. The summed E-state index contributed by atoms with van der Waals surface area (Å²) in [6.45, 7) is 3.13. The Morgan fingerprint density at radius 3 is 2.62 bits per heavy atom. The lowest BCUT2D eigenvalue weighted by atomic mass is 9.80. The topological polar surface area (TPSA) is 39.1 Å². The second-order valence-corrected chi connectivity index (χ2v) is 5.90. The predicted molar refractivity (Wildman–Crippen MR) is 83.6 cm³/mol. The molecule has 1 atom stereocenters. The summed E-state index contributed by atoms with van der Waals surface area (Å²) < 4.78 is 7.67. The lowest BCUT2D eigenvalue weighted by Gasteiger charge is -2.41. The first-order chi connectivity index (χ1) is 10.2. The Hall–Kier alpha value is -1.65. The molecule has 0 radical (unpaired) electrons. The molecule has 112 valence electrons. The van der Waals surface area contributed by atoms with Crippen LogP contribution in [0.3, 0.4) is 0 Å². The molecule has 2 aromatic rings. The van der Waals surface area contributed by atoms with Gasteiger partial charge in [0.25, 0.3) is 0 Å². The summed E-state index contributed by atoms with van der Waals surface area (Å²) in [4.78, 5) is 4.07. The Bertz CT molecular complexity index is 553. The van der Waals surface area contributed by atoms with Crippen LogP contribution < -0.4 is 5.32 Å². The molecule has 0 aliphatic heterocycles. The summed E-state index contributed by atoms with van der Waals surface area (Å²) in [7, 11) is 1.82. The van der Waals surface area contributed by atoms with Crippen molar-refractivity contribution in [3.8, 4) is 5.69 Å². The zero-order chi connectivity index (χ0) is 14.7. The second-order valence-electron chi connectivity index (χ2n) is 5.90. The maximum atomic E-state index is 5.66. The van der Waals surface area contributed by atoms with E-state index in [-0.39, 0.29) is 5.60 Å². The van der Waals surface area contributed by atoms with E-state index >= 15 is 0 Å². The van der Waals surface area contributed by atoms with Crippen molar-refractivity contribution in [1.82, 2.24) is 14.9 Å². The van der Waals surface area contributed by atoms with E-state index in [0.29, 0.717) is 6.04 Å². The smallest absolute Gasteiger partial charge is 0.0991 e. The van der Waals surface area contributed by atoms with Gasteiger partial charge in [0.05, 0.1) is 11.9 Å². The minimum absolute atomic E-state index is 0.0744. The van der Waals surface area contributed by atoms with Crippen molar-refractivity contribution >= 4 is 0 Å². The molecule has 1 heterocycles. The van der Waals surface area contributed by atoms with Crippen molar-refractivity contribution < 1.29 is 4.74 Å². The highest BCUT2D eigenvalue weighted by Gasteiger charge is 2.36. The van der Waals surface area contributed by atoms with Crippen LogP contribution in [0.15, 0.2) is 43.0 Å². The summed E-state index contributed by atoms with van der Waals surface area (Å²) in [5, 5.41) is 3.60. The second kappa shape index (κ2) is 6.00. The number of aromatic nitrogens is 2. The van der Waals surface area contributed by atoms with Crippen molar-refractivity contribution in [3.05, 3.63) is 48.5 Å². The van der Waals surface area contributed by atoms with E-state index in [1.807, 2.05) is 24.2 Å². The van der Waals surface area contributed by atoms with Crippen LogP contribution >= 0.6 is 0 Å². The number of methoxy groups -OCH3 is 1. The summed E-state index contributed by atoms with van der Waals surface area (Å²) in [5.41, 5.74) is 2.51. The van der Waals surface area contributed by atoms with Crippen LogP contribution in [0.2, 0.25) is 0 Å². The molecule has 1 N–H and O–H groups in total. The maximum Gasteiger partial charge on any atom is 0.0991 e. The molecule has 0 saturated heterocycles. The van der Waals surface area contributed by atoms with Crippen molar-refractivity contribution in [2.45, 2.75) is 37.8 Å². The molecule has 0 amide bonds. The fraction of sp³-hybridized carbons (Fsp3) is 0.471. The molecule has 1 saturated carbocycles. The third kappa shape index (κ3) is 3.01. The normalized spacial score (nSPS) is 18.2. The molecule has 1 unspecified atom stereocenters. The third-order valence-corrected chi connectivity index (χ3v) is 4.62. The Kier molecular flexibility index (Phi) is 4.08. The molecule has 0 bridgehead atoms. The van der Waals surface area contributed by atoms with Crippen molar-refractivity contribution in [1.29, 1.82) is 0 Å². The maximum absolute atomic E-state index is 5.66. The van der Waals surface area contributed by atoms with Gasteiger partial charge >= 0.3 is 0 Å². The summed E-state index contributed by atoms with van der Waals surface area (Å²) >= 11 is 0. The van der Waals surface area contributed by atoms with Crippen LogP contribution in [0.25, 0.3) is 5.69 Å². The number of rotatable bonds is 6. The predicted octanol–water partition coefficient (Wildman–Crippen LogP) is 3.09. The Labute approximate surface area is 126 Å². The minimum Gasteiger partial charge on any atom is -0.377 e. The summed E-state index contributed by atoms with van der Waals surface area (Å²) in [5.74, 6) is 0. The van der Waals surface area contributed by atoms with Crippen LogP contribution in [0.5, 0.6) is 0 Å². The number of nitrogens with zero attached hydrogens (tertiary/aromatic N) is 2. The Morgan fingerprint density at radius 2 is 2.10 bits per heavy atom. The van der Waals surface area contributed by atoms with Crippen molar-refractivity contribution in [3.63, 3.8) is 0 Å². The fourth-order valence-electron chi connectivity index (χ4n) is 2.83. The van der Waals surface area contributed by atoms with Gasteiger partial charge in [-0.1, -0.05) is 12.1 Å². The van der Waals surface area contributed by atoms with E-state index in [1.165, 1.54) is 24.8 Å². The van der Waals surface area contributed by atoms with Gasteiger partial charge in [-0.2, -0.15) is 0 Å². The van der Waals surface area contributed by atoms with Gasteiger partial charge in [-0.05, 0) is 43.9 Å². The van der Waals surface area contributed by atoms with Crippen LogP contribution in [0, 0.1) is 0 Å². The first-order valence-electron chi connectivity index (χ1n) is 7.59. The van der Waals surface area contributed by atoms with E-state index in [0.717, 1.165) is 12.2 Å². The highest BCUT2D eigenvalue weighted by Crippen LogP contribution is 2.34. The minimum atomic E-state index is 0.0744. The standard InChI is InChI=1S/C17H23N3O/c1-14(19-12-17(21-2)8-3-9-17)15-4-6-16(7-5-15)20-11-10-18-13-20/h4-7,10-11,13-14,19H,3,8-9,12H2,1-2H3. The van der Waals surface area contributed by atoms with Crippen LogP contribution in [-0.2, 0) is 4.74 Å². The zero-order valence-corrected chi connectivity index (χ0v) is 12.7. The monoisotopic (exact) mass is 285 g/mol. The van der Waals surface area contributed by atoms with E-state index in [4.69, 9.17) is 4.74 Å².